The van der Waals surface area contributed by atoms with Crippen molar-refractivity contribution < 1.29 is 19.1 Å². The van der Waals surface area contributed by atoms with Crippen LogP contribution in [0.15, 0.2) is 42.7 Å². The molecule has 9 heteroatoms. The Morgan fingerprint density at radius 3 is 2.33 bits per heavy atom. The van der Waals surface area contributed by atoms with Crippen LogP contribution in [0.5, 0.6) is 5.88 Å². The van der Waals surface area contributed by atoms with Gasteiger partial charge >= 0.3 is 6.09 Å². The summed E-state index contributed by atoms with van der Waals surface area (Å²) in [7, 11) is 0. The molecule has 2 aliphatic rings. The fourth-order valence-electron chi connectivity index (χ4n) is 4.13. The van der Waals surface area contributed by atoms with E-state index in [2.05, 4.69) is 14.9 Å². The van der Waals surface area contributed by atoms with Crippen molar-refractivity contribution in [1.29, 1.82) is 0 Å². The summed E-state index contributed by atoms with van der Waals surface area (Å²) in [5, 5.41) is 0. The number of imide groups is 1. The minimum atomic E-state index is -0.428. The first-order valence-corrected chi connectivity index (χ1v) is 11.2. The number of piperazine rings is 1. The number of amides is 3. The molecule has 0 atom stereocenters. The van der Waals surface area contributed by atoms with Crippen molar-refractivity contribution >= 4 is 23.7 Å². The van der Waals surface area contributed by atoms with Gasteiger partial charge < -0.3 is 14.5 Å². The maximum atomic E-state index is 12.5. The van der Waals surface area contributed by atoms with E-state index in [1.54, 1.807) is 29.4 Å². The van der Waals surface area contributed by atoms with Crippen LogP contribution in [0.2, 0.25) is 0 Å². The van der Waals surface area contributed by atoms with E-state index in [1.165, 1.54) is 4.90 Å². The Labute approximate surface area is 193 Å². The van der Waals surface area contributed by atoms with Crippen molar-refractivity contribution in [3.05, 3.63) is 48.3 Å². The predicted octanol–water partition coefficient (Wildman–Crippen LogP) is 2.52. The summed E-state index contributed by atoms with van der Waals surface area (Å²) >= 11 is 0. The molecule has 0 radical (unpaired) electrons. The van der Waals surface area contributed by atoms with Crippen LogP contribution in [0.4, 0.5) is 10.6 Å². The molecule has 0 bridgehead atoms. The Kier molecular flexibility index (Phi) is 6.57. The molecule has 2 aromatic rings. The maximum Gasteiger partial charge on any atom is 0.416 e. The number of hydrogen-bond acceptors (Lipinski definition) is 7. The second kappa shape index (κ2) is 9.56. The van der Waals surface area contributed by atoms with Crippen molar-refractivity contribution in [3.8, 4) is 5.88 Å². The molecule has 0 unspecified atom stereocenters. The van der Waals surface area contributed by atoms with E-state index >= 15 is 0 Å². The van der Waals surface area contributed by atoms with E-state index in [-0.39, 0.29) is 23.1 Å². The largest absolute Gasteiger partial charge is 0.416 e. The molecular formula is C24H29N5O4. The third-order valence-electron chi connectivity index (χ3n) is 5.99. The zero-order chi connectivity index (χ0) is 23.4. The van der Waals surface area contributed by atoms with E-state index in [9.17, 15) is 14.4 Å². The fourth-order valence-corrected chi connectivity index (χ4v) is 4.13. The van der Waals surface area contributed by atoms with Gasteiger partial charge in [0.15, 0.2) is 0 Å². The molecule has 174 valence electrons. The highest BCUT2D eigenvalue weighted by Crippen LogP contribution is 2.31. The van der Waals surface area contributed by atoms with Crippen LogP contribution in [0.1, 0.15) is 32.3 Å². The second-order valence-corrected chi connectivity index (χ2v) is 9.24. The van der Waals surface area contributed by atoms with Crippen LogP contribution in [0, 0.1) is 5.41 Å². The average molecular weight is 452 g/mol. The second-order valence-electron chi connectivity index (χ2n) is 9.24. The van der Waals surface area contributed by atoms with Crippen molar-refractivity contribution in [3.63, 3.8) is 0 Å². The molecule has 2 fully saturated rings. The van der Waals surface area contributed by atoms with E-state index in [0.29, 0.717) is 52.0 Å². The van der Waals surface area contributed by atoms with E-state index in [4.69, 9.17) is 4.74 Å². The number of likely N-dealkylation sites (tertiary alicyclic amines) is 1. The third-order valence-corrected chi connectivity index (χ3v) is 5.99. The van der Waals surface area contributed by atoms with Gasteiger partial charge in [-0.05, 0) is 29.5 Å². The zero-order valence-electron chi connectivity index (χ0n) is 19.1. The third kappa shape index (κ3) is 5.66. The molecule has 33 heavy (non-hydrogen) atoms. The van der Waals surface area contributed by atoms with Gasteiger partial charge in [0.1, 0.15) is 5.82 Å². The van der Waals surface area contributed by atoms with Gasteiger partial charge in [-0.25, -0.2) is 14.8 Å². The first-order chi connectivity index (χ1) is 15.8. The first kappa shape index (κ1) is 22.7. The van der Waals surface area contributed by atoms with Crippen molar-refractivity contribution in [2.75, 3.05) is 37.6 Å². The van der Waals surface area contributed by atoms with Crippen molar-refractivity contribution in [2.45, 2.75) is 33.1 Å². The number of hydrogen-bond donors (Lipinski definition) is 0. The van der Waals surface area contributed by atoms with Gasteiger partial charge in [-0.3, -0.25) is 14.5 Å². The first-order valence-electron chi connectivity index (χ1n) is 11.2. The average Bonchev–Trinajstić information content (AvgIpc) is 2.79. The molecule has 2 saturated heterocycles. The smallest absolute Gasteiger partial charge is 0.391 e. The Morgan fingerprint density at radius 2 is 1.73 bits per heavy atom. The Morgan fingerprint density at radius 1 is 1.00 bits per heavy atom. The molecule has 0 aromatic carbocycles. The lowest BCUT2D eigenvalue weighted by molar-refractivity contribution is -0.152. The van der Waals surface area contributed by atoms with Crippen LogP contribution < -0.4 is 9.64 Å². The number of anilines is 1. The highest BCUT2D eigenvalue weighted by atomic mass is 16.6. The number of ether oxygens (including phenoxy) is 1. The Balaban J connectivity index is 1.25. The van der Waals surface area contributed by atoms with Gasteiger partial charge in [0.25, 0.3) is 0 Å². The number of carbonyl (C=O) groups is 3. The molecule has 9 nitrogen and oxygen atoms in total. The molecule has 0 spiro atoms. The molecule has 0 saturated carbocycles. The SMILES string of the molecule is CC1(C)CC(=O)N(CCc2ccc(OC(=O)N3CCN(c4ccccn4)CC3)nc2)C(=O)C1. The molecule has 4 rings (SSSR count). The maximum absolute atomic E-state index is 12.5. The zero-order valence-corrected chi connectivity index (χ0v) is 19.1. The molecule has 2 aromatic heterocycles. The molecule has 0 N–H and O–H groups in total. The minimum Gasteiger partial charge on any atom is -0.391 e. The van der Waals surface area contributed by atoms with Gasteiger partial charge in [0.05, 0.1) is 0 Å². The summed E-state index contributed by atoms with van der Waals surface area (Å²) in [5.41, 5.74) is 0.590. The quantitative estimate of drug-likeness (QED) is 0.645. The van der Waals surface area contributed by atoms with Gasteiger partial charge in [0, 0.05) is 64.0 Å². The molecule has 4 heterocycles. The molecular weight excluding hydrogens is 422 g/mol. The topological polar surface area (TPSA) is 95.9 Å². The summed E-state index contributed by atoms with van der Waals surface area (Å²) < 4.78 is 5.42. The van der Waals surface area contributed by atoms with Crippen molar-refractivity contribution in [2.24, 2.45) is 5.41 Å². The normalized spacial score (nSPS) is 18.4. The van der Waals surface area contributed by atoms with Gasteiger partial charge in [0.2, 0.25) is 17.7 Å². The van der Waals surface area contributed by atoms with Crippen LogP contribution in [0.3, 0.4) is 0 Å². The standard InChI is InChI=1S/C24H29N5O4/c1-24(2)15-21(30)29(22(31)16-24)10-8-18-6-7-20(26-17-18)33-23(32)28-13-11-27(12-14-28)19-5-3-4-9-25-19/h3-7,9,17H,8,10-16H2,1-2H3. The lowest BCUT2D eigenvalue weighted by Gasteiger charge is -2.34. The summed E-state index contributed by atoms with van der Waals surface area (Å²) in [6, 6.07) is 9.22. The van der Waals surface area contributed by atoms with Crippen LogP contribution in [-0.4, -0.2) is 70.4 Å². The van der Waals surface area contributed by atoms with E-state index in [1.807, 2.05) is 32.0 Å². The Hall–Kier alpha value is -3.49. The van der Waals surface area contributed by atoms with Gasteiger partial charge in [-0.15, -0.1) is 0 Å². The number of nitrogens with zero attached hydrogens (tertiary/aromatic N) is 5. The highest BCUT2D eigenvalue weighted by Gasteiger charge is 2.37. The predicted molar refractivity (Wildman–Crippen MR) is 122 cm³/mol. The molecule has 3 amide bonds. The minimum absolute atomic E-state index is 0.127. The number of piperidine rings is 1. The highest BCUT2D eigenvalue weighted by molar-refractivity contribution is 5.98. The van der Waals surface area contributed by atoms with E-state index in [0.717, 1.165) is 11.4 Å². The van der Waals surface area contributed by atoms with E-state index < -0.39 is 6.09 Å². The molecule has 2 aliphatic heterocycles. The Bertz CT molecular complexity index is 981. The summed E-state index contributed by atoms with van der Waals surface area (Å²) in [6.07, 6.45) is 4.21. The lowest BCUT2D eigenvalue weighted by Crippen LogP contribution is -2.49. The van der Waals surface area contributed by atoms with Crippen LogP contribution >= 0.6 is 0 Å². The fraction of sp³-hybridized carbons (Fsp3) is 0.458. The number of rotatable bonds is 5. The molecule has 0 aliphatic carbocycles. The number of aromatic nitrogens is 2. The monoisotopic (exact) mass is 451 g/mol. The number of carbonyl (C=O) groups excluding carboxylic acids is 3. The van der Waals surface area contributed by atoms with Crippen LogP contribution in [-0.2, 0) is 16.0 Å². The summed E-state index contributed by atoms with van der Waals surface area (Å²) in [6.45, 7) is 6.65. The van der Waals surface area contributed by atoms with Gasteiger partial charge in [-0.2, -0.15) is 0 Å². The number of pyridine rings is 2. The van der Waals surface area contributed by atoms with Crippen molar-refractivity contribution in [1.82, 2.24) is 19.8 Å². The van der Waals surface area contributed by atoms with Gasteiger partial charge in [-0.1, -0.05) is 26.0 Å². The lowest BCUT2D eigenvalue weighted by atomic mass is 9.81. The summed E-state index contributed by atoms with van der Waals surface area (Å²) in [5.74, 6) is 0.873. The van der Waals surface area contributed by atoms with Crippen LogP contribution in [0.25, 0.3) is 0 Å². The summed E-state index contributed by atoms with van der Waals surface area (Å²) in [4.78, 5) is 50.8.